The quantitative estimate of drug-likeness (QED) is 0.811. The second-order valence-corrected chi connectivity index (χ2v) is 4.10. The highest BCUT2D eigenvalue weighted by molar-refractivity contribution is 5.62. The van der Waals surface area contributed by atoms with Gasteiger partial charge in [0.15, 0.2) is 0 Å². The number of likely N-dealkylation sites (N-methyl/N-ethyl adjacent to an activating group) is 1. The number of rotatable bonds is 2. The third kappa shape index (κ3) is 2.10. The number of anilines is 1. The van der Waals surface area contributed by atoms with E-state index >= 15 is 0 Å². The number of alkyl halides is 3. The number of halogens is 3. The third-order valence-corrected chi connectivity index (χ3v) is 3.11. The molecule has 0 saturated heterocycles. The maximum atomic E-state index is 12.8. The molecule has 17 heavy (non-hydrogen) atoms. The van der Waals surface area contributed by atoms with Crippen molar-refractivity contribution in [3.05, 3.63) is 29.3 Å². The zero-order valence-electron chi connectivity index (χ0n) is 9.29. The van der Waals surface area contributed by atoms with Gasteiger partial charge >= 0.3 is 6.18 Å². The first kappa shape index (κ1) is 12.2. The van der Waals surface area contributed by atoms with E-state index < -0.39 is 11.7 Å². The molecule has 1 heterocycles. The van der Waals surface area contributed by atoms with Gasteiger partial charge in [-0.3, -0.25) is 0 Å². The molecule has 3 nitrogen and oxygen atoms in total. The Bertz CT molecular complexity index is 420. The number of hydrogen-bond donors (Lipinski definition) is 1. The largest absolute Gasteiger partial charge is 0.416 e. The smallest absolute Gasteiger partial charge is 0.369 e. The Kier molecular flexibility index (Phi) is 3.01. The van der Waals surface area contributed by atoms with Crippen molar-refractivity contribution in [1.82, 2.24) is 0 Å². The summed E-state index contributed by atoms with van der Waals surface area (Å²) in [6, 6.07) is 4.07. The van der Waals surface area contributed by atoms with E-state index in [2.05, 4.69) is 4.84 Å². The minimum absolute atomic E-state index is 0.140. The van der Waals surface area contributed by atoms with Crippen LogP contribution in [0.1, 0.15) is 11.1 Å². The van der Waals surface area contributed by atoms with Crippen LogP contribution in [-0.2, 0) is 17.4 Å². The molecular weight excluding hydrogens is 233 g/mol. The molecule has 0 radical (unpaired) electrons. The van der Waals surface area contributed by atoms with Gasteiger partial charge in [0.1, 0.15) is 0 Å². The molecule has 0 fully saturated rings. The van der Waals surface area contributed by atoms with E-state index in [9.17, 15) is 13.2 Å². The predicted octanol–water partition coefficient (Wildman–Crippen LogP) is 1.96. The minimum Gasteiger partial charge on any atom is -0.369 e. The van der Waals surface area contributed by atoms with Crippen molar-refractivity contribution in [2.75, 3.05) is 18.6 Å². The molecule has 1 atom stereocenters. The van der Waals surface area contributed by atoms with Gasteiger partial charge in [0.05, 0.1) is 18.2 Å². The lowest BCUT2D eigenvalue weighted by molar-refractivity contribution is -0.138. The average molecular weight is 246 g/mol. The monoisotopic (exact) mass is 246 g/mol. The summed E-state index contributed by atoms with van der Waals surface area (Å²) >= 11 is 0. The molecule has 2 rings (SSSR count). The fraction of sp³-hybridized carbons (Fsp3) is 0.455. The topological polar surface area (TPSA) is 38.5 Å². The number of hydrogen-bond acceptors (Lipinski definition) is 3. The number of fused-ring (bicyclic) bond motifs is 1. The number of benzene rings is 1. The number of nitrogens with two attached hydrogens (primary N) is 1. The maximum Gasteiger partial charge on any atom is 0.416 e. The van der Waals surface area contributed by atoms with Gasteiger partial charge < -0.3 is 9.74 Å². The summed E-state index contributed by atoms with van der Waals surface area (Å²) < 4.78 is 38.4. The first-order valence-corrected chi connectivity index (χ1v) is 5.18. The van der Waals surface area contributed by atoms with Crippen LogP contribution < -0.4 is 10.8 Å². The van der Waals surface area contributed by atoms with Crippen molar-refractivity contribution in [2.24, 2.45) is 5.90 Å². The van der Waals surface area contributed by atoms with E-state index in [1.165, 1.54) is 6.07 Å². The van der Waals surface area contributed by atoms with Crippen LogP contribution in [0.2, 0.25) is 0 Å². The standard InChI is InChI=1S/C11H13F3N2O/c1-16-7(6-17-15)5-8-9(11(12,13)14)3-2-4-10(8)16/h2-4,7H,5-6,15H2,1H3. The van der Waals surface area contributed by atoms with Gasteiger partial charge in [-0.25, -0.2) is 5.90 Å². The van der Waals surface area contributed by atoms with Crippen molar-refractivity contribution in [3.63, 3.8) is 0 Å². The van der Waals surface area contributed by atoms with Crippen LogP contribution in [0.3, 0.4) is 0 Å². The Balaban J connectivity index is 2.40. The average Bonchev–Trinajstić information content (AvgIpc) is 2.55. The Hall–Kier alpha value is -1.27. The summed E-state index contributed by atoms with van der Waals surface area (Å²) in [4.78, 5) is 6.31. The van der Waals surface area contributed by atoms with Gasteiger partial charge in [0.2, 0.25) is 0 Å². The molecule has 0 amide bonds. The third-order valence-electron chi connectivity index (χ3n) is 3.11. The molecule has 0 bridgehead atoms. The molecule has 1 aromatic rings. The first-order chi connectivity index (χ1) is 7.95. The Labute approximate surface area is 96.9 Å². The minimum atomic E-state index is -4.31. The maximum absolute atomic E-state index is 12.8. The van der Waals surface area contributed by atoms with Crippen LogP contribution in [0.15, 0.2) is 18.2 Å². The number of nitrogens with zero attached hydrogens (tertiary/aromatic N) is 1. The lowest BCUT2D eigenvalue weighted by Gasteiger charge is -2.21. The summed E-state index contributed by atoms with van der Waals surface area (Å²) in [5.41, 5.74) is 0.354. The van der Waals surface area contributed by atoms with Crippen LogP contribution >= 0.6 is 0 Å². The van der Waals surface area contributed by atoms with E-state index in [0.717, 1.165) is 6.07 Å². The van der Waals surface area contributed by atoms with Crippen molar-refractivity contribution in [2.45, 2.75) is 18.6 Å². The van der Waals surface area contributed by atoms with E-state index in [4.69, 9.17) is 5.90 Å². The fourth-order valence-electron chi connectivity index (χ4n) is 2.24. The molecule has 2 N–H and O–H groups in total. The normalized spacial score (nSPS) is 19.6. The van der Waals surface area contributed by atoms with Crippen molar-refractivity contribution in [1.29, 1.82) is 0 Å². The lowest BCUT2D eigenvalue weighted by Crippen LogP contribution is -2.33. The first-order valence-electron chi connectivity index (χ1n) is 5.18. The van der Waals surface area contributed by atoms with Crippen LogP contribution in [-0.4, -0.2) is 19.7 Å². The van der Waals surface area contributed by atoms with Gasteiger partial charge in [0.25, 0.3) is 0 Å². The highest BCUT2D eigenvalue weighted by Gasteiger charge is 2.38. The Morgan fingerprint density at radius 1 is 1.47 bits per heavy atom. The molecule has 94 valence electrons. The summed E-state index contributed by atoms with van der Waals surface area (Å²) in [7, 11) is 1.75. The van der Waals surface area contributed by atoms with Crippen LogP contribution in [0, 0.1) is 0 Å². The fourth-order valence-corrected chi connectivity index (χ4v) is 2.24. The second-order valence-electron chi connectivity index (χ2n) is 4.10. The zero-order valence-corrected chi connectivity index (χ0v) is 9.29. The molecular formula is C11H13F3N2O. The van der Waals surface area contributed by atoms with Gasteiger partial charge in [-0.15, -0.1) is 0 Å². The molecule has 0 aromatic heterocycles. The molecule has 0 saturated carbocycles. The van der Waals surface area contributed by atoms with Crippen molar-refractivity contribution >= 4 is 5.69 Å². The van der Waals surface area contributed by atoms with E-state index in [1.807, 2.05) is 0 Å². The lowest BCUT2D eigenvalue weighted by atomic mass is 10.0. The van der Waals surface area contributed by atoms with E-state index in [-0.39, 0.29) is 12.6 Å². The molecule has 1 unspecified atom stereocenters. The van der Waals surface area contributed by atoms with Gasteiger partial charge in [-0.05, 0) is 24.1 Å². The second kappa shape index (κ2) is 4.19. The molecule has 0 aliphatic carbocycles. The molecule has 1 aliphatic heterocycles. The van der Waals surface area contributed by atoms with Crippen LogP contribution in [0.25, 0.3) is 0 Å². The Morgan fingerprint density at radius 2 is 2.18 bits per heavy atom. The molecule has 0 spiro atoms. The molecule has 6 heteroatoms. The molecule has 1 aromatic carbocycles. The van der Waals surface area contributed by atoms with Crippen LogP contribution in [0.5, 0.6) is 0 Å². The summed E-state index contributed by atoms with van der Waals surface area (Å²) in [5.74, 6) is 4.98. The predicted molar refractivity (Wildman–Crippen MR) is 57.5 cm³/mol. The zero-order chi connectivity index (χ0) is 12.6. The summed E-state index contributed by atoms with van der Waals surface area (Å²) in [6.45, 7) is 0.211. The van der Waals surface area contributed by atoms with Gasteiger partial charge in [-0.1, -0.05) is 6.07 Å². The van der Waals surface area contributed by atoms with Crippen molar-refractivity contribution < 1.29 is 18.0 Å². The highest BCUT2D eigenvalue weighted by Crippen LogP contribution is 2.40. The van der Waals surface area contributed by atoms with Crippen LogP contribution in [0.4, 0.5) is 18.9 Å². The Morgan fingerprint density at radius 3 is 2.76 bits per heavy atom. The highest BCUT2D eigenvalue weighted by atomic mass is 19.4. The summed E-state index contributed by atoms with van der Waals surface area (Å²) in [5, 5.41) is 0. The van der Waals surface area contributed by atoms with E-state index in [1.54, 1.807) is 18.0 Å². The SMILES string of the molecule is CN1c2cccc(C(F)(F)F)c2CC1CON. The van der Waals surface area contributed by atoms with Gasteiger partial charge in [0, 0.05) is 12.7 Å². The molecule has 1 aliphatic rings. The van der Waals surface area contributed by atoms with Crippen molar-refractivity contribution in [3.8, 4) is 0 Å². The van der Waals surface area contributed by atoms with E-state index in [0.29, 0.717) is 17.7 Å². The summed E-state index contributed by atoms with van der Waals surface area (Å²) in [6.07, 6.45) is -4.01. The van der Waals surface area contributed by atoms with Gasteiger partial charge in [-0.2, -0.15) is 13.2 Å².